The van der Waals surface area contributed by atoms with E-state index in [4.69, 9.17) is 0 Å². The van der Waals surface area contributed by atoms with Crippen molar-refractivity contribution in [3.05, 3.63) is 101 Å². The summed E-state index contributed by atoms with van der Waals surface area (Å²) in [5, 5.41) is 0. The number of rotatable bonds is 3. The molecule has 0 unspecified atom stereocenters. The maximum Gasteiger partial charge on any atom is 0.231 e. The third-order valence-corrected chi connectivity index (χ3v) is 5.49. The summed E-state index contributed by atoms with van der Waals surface area (Å²) in [4.78, 5) is 14.7. The van der Waals surface area contributed by atoms with Gasteiger partial charge in [-0.05, 0) is 59.6 Å². The van der Waals surface area contributed by atoms with Gasteiger partial charge < -0.3 is 4.90 Å². The van der Waals surface area contributed by atoms with Crippen LogP contribution in [0.25, 0.3) is 0 Å². The monoisotopic (exact) mass is 355 g/mol. The second-order valence-electron chi connectivity index (χ2n) is 7.39. The average molecular weight is 355 g/mol. The van der Waals surface area contributed by atoms with E-state index >= 15 is 0 Å². The van der Waals surface area contributed by atoms with E-state index in [-0.39, 0.29) is 5.91 Å². The highest BCUT2D eigenvalue weighted by Crippen LogP contribution is 2.26. The Bertz CT molecular complexity index is 928. The summed E-state index contributed by atoms with van der Waals surface area (Å²) >= 11 is 0. The molecule has 0 saturated heterocycles. The van der Waals surface area contributed by atoms with Gasteiger partial charge in [0, 0.05) is 12.7 Å². The number of anilines is 1. The highest BCUT2D eigenvalue weighted by atomic mass is 16.2. The molecule has 1 amide bonds. The van der Waals surface area contributed by atoms with E-state index in [9.17, 15) is 4.79 Å². The SMILES string of the molecule is CN(C(=O)Cc1ccccc1)c1cc2ccc1CCc1ccc(cc1)CC2. The molecule has 136 valence electrons. The largest absolute Gasteiger partial charge is 0.315 e. The molecular weight excluding hydrogens is 330 g/mol. The molecule has 4 aliphatic carbocycles. The summed E-state index contributed by atoms with van der Waals surface area (Å²) in [5.74, 6) is 0.134. The second kappa shape index (κ2) is 7.79. The van der Waals surface area contributed by atoms with Crippen LogP contribution in [0.3, 0.4) is 0 Å². The van der Waals surface area contributed by atoms with Crippen molar-refractivity contribution in [1.82, 2.24) is 0 Å². The number of likely N-dealkylation sites (N-methyl/N-ethyl adjacent to an activating group) is 1. The van der Waals surface area contributed by atoms with Crippen LogP contribution in [-0.2, 0) is 36.9 Å². The summed E-state index contributed by atoms with van der Waals surface area (Å²) in [6.45, 7) is 0. The second-order valence-corrected chi connectivity index (χ2v) is 7.39. The van der Waals surface area contributed by atoms with E-state index in [0.29, 0.717) is 6.42 Å². The van der Waals surface area contributed by atoms with Crippen molar-refractivity contribution >= 4 is 11.6 Å². The molecule has 0 spiro atoms. The van der Waals surface area contributed by atoms with E-state index in [1.165, 1.54) is 22.3 Å². The number of aryl methyl sites for hydroxylation is 4. The van der Waals surface area contributed by atoms with Crippen LogP contribution in [0.15, 0.2) is 72.8 Å². The highest BCUT2D eigenvalue weighted by molar-refractivity contribution is 5.95. The molecule has 2 heteroatoms. The fourth-order valence-electron chi connectivity index (χ4n) is 3.75. The Labute approximate surface area is 161 Å². The Morgan fingerprint density at radius 1 is 0.778 bits per heavy atom. The zero-order valence-electron chi connectivity index (χ0n) is 15.8. The molecule has 0 saturated carbocycles. The van der Waals surface area contributed by atoms with Crippen LogP contribution in [0.1, 0.15) is 27.8 Å². The topological polar surface area (TPSA) is 20.3 Å². The summed E-state index contributed by atoms with van der Waals surface area (Å²) in [7, 11) is 1.91. The molecule has 0 atom stereocenters. The lowest BCUT2D eigenvalue weighted by atomic mass is 9.95. The lowest BCUT2D eigenvalue weighted by molar-refractivity contribution is -0.117. The van der Waals surface area contributed by atoms with Crippen LogP contribution < -0.4 is 4.90 Å². The van der Waals surface area contributed by atoms with Crippen molar-refractivity contribution in [2.45, 2.75) is 32.1 Å². The van der Waals surface area contributed by atoms with Crippen molar-refractivity contribution in [3.63, 3.8) is 0 Å². The lowest BCUT2D eigenvalue weighted by Gasteiger charge is -2.23. The molecule has 4 bridgehead atoms. The third kappa shape index (κ3) is 4.11. The number of carbonyl (C=O) groups is 1. The van der Waals surface area contributed by atoms with Gasteiger partial charge in [0.05, 0.1) is 6.42 Å². The van der Waals surface area contributed by atoms with Gasteiger partial charge in [-0.2, -0.15) is 0 Å². The quantitative estimate of drug-likeness (QED) is 0.662. The van der Waals surface area contributed by atoms with E-state index < -0.39 is 0 Å². The molecule has 0 aromatic heterocycles. The van der Waals surface area contributed by atoms with Gasteiger partial charge >= 0.3 is 0 Å². The summed E-state index contributed by atoms with van der Waals surface area (Å²) < 4.78 is 0. The molecular formula is C25H25NO. The van der Waals surface area contributed by atoms with Gasteiger partial charge in [-0.15, -0.1) is 0 Å². The Hall–Kier alpha value is -2.87. The number of amides is 1. The van der Waals surface area contributed by atoms with Gasteiger partial charge in [0.1, 0.15) is 0 Å². The molecule has 2 nitrogen and oxygen atoms in total. The Morgan fingerprint density at radius 2 is 1.37 bits per heavy atom. The zero-order valence-corrected chi connectivity index (χ0v) is 15.8. The zero-order chi connectivity index (χ0) is 18.6. The summed E-state index contributed by atoms with van der Waals surface area (Å²) in [5.41, 5.74) is 7.38. The van der Waals surface area contributed by atoms with E-state index in [1.807, 2.05) is 42.3 Å². The van der Waals surface area contributed by atoms with Crippen molar-refractivity contribution < 1.29 is 4.79 Å². The van der Waals surface area contributed by atoms with Crippen molar-refractivity contribution in [1.29, 1.82) is 0 Å². The molecule has 27 heavy (non-hydrogen) atoms. The first-order valence-electron chi connectivity index (χ1n) is 9.69. The van der Waals surface area contributed by atoms with Crippen LogP contribution in [0.4, 0.5) is 5.69 Å². The number of hydrogen-bond acceptors (Lipinski definition) is 1. The minimum Gasteiger partial charge on any atom is -0.315 e. The number of carbonyl (C=O) groups excluding carboxylic acids is 1. The summed E-state index contributed by atoms with van der Waals surface area (Å²) in [6.07, 6.45) is 4.39. The summed E-state index contributed by atoms with van der Waals surface area (Å²) in [6, 6.07) is 25.6. The first-order chi connectivity index (χ1) is 13.2. The molecule has 0 N–H and O–H groups in total. The van der Waals surface area contributed by atoms with Gasteiger partial charge in [0.15, 0.2) is 0 Å². The smallest absolute Gasteiger partial charge is 0.231 e. The molecule has 7 rings (SSSR count). The number of hydrogen-bond donors (Lipinski definition) is 0. The van der Waals surface area contributed by atoms with Gasteiger partial charge in [-0.25, -0.2) is 0 Å². The lowest BCUT2D eigenvalue weighted by Crippen LogP contribution is -2.29. The fourth-order valence-corrected chi connectivity index (χ4v) is 3.75. The van der Waals surface area contributed by atoms with E-state index in [2.05, 4.69) is 42.5 Å². The molecule has 4 aliphatic rings. The van der Waals surface area contributed by atoms with Gasteiger partial charge in [0.2, 0.25) is 5.91 Å². The predicted octanol–water partition coefficient (Wildman–Crippen LogP) is 4.78. The van der Waals surface area contributed by atoms with Crippen LogP contribution in [0.5, 0.6) is 0 Å². The van der Waals surface area contributed by atoms with Crippen molar-refractivity contribution in [2.75, 3.05) is 11.9 Å². The first kappa shape index (κ1) is 17.5. The Balaban J connectivity index is 1.61. The van der Waals surface area contributed by atoms with Crippen LogP contribution in [0, 0.1) is 0 Å². The maximum absolute atomic E-state index is 12.9. The van der Waals surface area contributed by atoms with Crippen LogP contribution >= 0.6 is 0 Å². The van der Waals surface area contributed by atoms with Gasteiger partial charge in [-0.1, -0.05) is 66.7 Å². The highest BCUT2D eigenvalue weighted by Gasteiger charge is 2.16. The minimum absolute atomic E-state index is 0.134. The van der Waals surface area contributed by atoms with Gasteiger partial charge in [-0.3, -0.25) is 4.79 Å². The van der Waals surface area contributed by atoms with Crippen molar-refractivity contribution in [2.24, 2.45) is 0 Å². The molecule has 0 heterocycles. The van der Waals surface area contributed by atoms with Crippen molar-refractivity contribution in [3.8, 4) is 0 Å². The molecule has 0 fully saturated rings. The average Bonchev–Trinajstić information content (AvgIpc) is 2.70. The normalized spacial score (nSPS) is 13.1. The van der Waals surface area contributed by atoms with Gasteiger partial charge in [0.25, 0.3) is 0 Å². The standard InChI is InChI=1S/C25H25NO/c1-26(25(27)18-21-5-3-2-4-6-21)24-17-22-12-11-19-7-9-20(10-8-19)13-15-23(24)16-14-22/h2-10,14,16-17H,11-13,15,18H2,1H3. The Morgan fingerprint density at radius 3 is 2.07 bits per heavy atom. The maximum atomic E-state index is 12.9. The van der Waals surface area contributed by atoms with E-state index in [0.717, 1.165) is 36.9 Å². The fraction of sp³-hybridized carbons (Fsp3) is 0.240. The Kier molecular flexibility index (Phi) is 5.06. The third-order valence-electron chi connectivity index (χ3n) is 5.49. The van der Waals surface area contributed by atoms with Crippen LogP contribution in [0.2, 0.25) is 0 Å². The minimum atomic E-state index is 0.134. The van der Waals surface area contributed by atoms with E-state index in [1.54, 1.807) is 0 Å². The molecule has 0 radical (unpaired) electrons. The van der Waals surface area contributed by atoms with Crippen LogP contribution in [-0.4, -0.2) is 13.0 Å². The number of benzene rings is 3. The first-order valence-corrected chi connectivity index (χ1v) is 9.69. The molecule has 3 aromatic rings. The molecule has 0 aliphatic heterocycles. The molecule has 3 aromatic carbocycles. The number of nitrogens with zero attached hydrogens (tertiary/aromatic N) is 1. The predicted molar refractivity (Wildman–Crippen MR) is 111 cm³/mol.